The van der Waals surface area contributed by atoms with Crippen LogP contribution in [0.4, 0.5) is 5.82 Å². The van der Waals surface area contributed by atoms with Gasteiger partial charge in [-0.25, -0.2) is 19.9 Å². The summed E-state index contributed by atoms with van der Waals surface area (Å²) in [7, 11) is 0. The summed E-state index contributed by atoms with van der Waals surface area (Å²) < 4.78 is 3.19. The maximum atomic E-state index is 12.7. The van der Waals surface area contributed by atoms with Crippen molar-refractivity contribution in [2.45, 2.75) is 20.4 Å². The Bertz CT molecular complexity index is 1070. The van der Waals surface area contributed by atoms with E-state index in [0.29, 0.717) is 37.4 Å². The molecule has 10 nitrogen and oxygen atoms in total. The Morgan fingerprint density at radius 3 is 2.52 bits per heavy atom. The summed E-state index contributed by atoms with van der Waals surface area (Å²) >= 11 is 0. The third-order valence-corrected chi connectivity index (χ3v) is 5.18. The zero-order valence-electron chi connectivity index (χ0n) is 16.4. The van der Waals surface area contributed by atoms with E-state index >= 15 is 0 Å². The Kier molecular flexibility index (Phi) is 5.07. The Hall–Kier alpha value is -3.56. The van der Waals surface area contributed by atoms with E-state index in [1.54, 1.807) is 31.3 Å². The van der Waals surface area contributed by atoms with Crippen molar-refractivity contribution in [3.8, 4) is 5.82 Å². The van der Waals surface area contributed by atoms with E-state index in [0.717, 1.165) is 11.6 Å². The second-order valence-electron chi connectivity index (χ2n) is 6.96. The van der Waals surface area contributed by atoms with Gasteiger partial charge in [0.1, 0.15) is 30.8 Å². The van der Waals surface area contributed by atoms with Crippen molar-refractivity contribution in [1.29, 1.82) is 0 Å². The molecule has 1 amide bonds. The summed E-state index contributed by atoms with van der Waals surface area (Å²) in [5.74, 6) is 1.47. The molecule has 1 aliphatic heterocycles. The normalized spacial score (nSPS) is 14.3. The van der Waals surface area contributed by atoms with Crippen LogP contribution in [0.15, 0.2) is 42.2 Å². The molecule has 0 aliphatic carbocycles. The molecular weight excluding hydrogens is 372 g/mol. The minimum absolute atomic E-state index is 0.00520. The third-order valence-electron chi connectivity index (χ3n) is 5.18. The number of piperazine rings is 1. The molecule has 10 heteroatoms. The van der Waals surface area contributed by atoms with Crippen LogP contribution in [0.1, 0.15) is 11.3 Å². The van der Waals surface area contributed by atoms with Gasteiger partial charge in [-0.3, -0.25) is 18.7 Å². The molecule has 29 heavy (non-hydrogen) atoms. The van der Waals surface area contributed by atoms with Crippen LogP contribution in [0, 0.1) is 13.8 Å². The number of nitrogens with zero attached hydrogens (tertiary/aromatic N) is 8. The molecule has 0 bridgehead atoms. The van der Waals surface area contributed by atoms with E-state index in [1.165, 1.54) is 17.2 Å². The number of hydrogen-bond donors (Lipinski definition) is 0. The first kappa shape index (κ1) is 18.8. The first-order valence-electron chi connectivity index (χ1n) is 9.38. The van der Waals surface area contributed by atoms with Gasteiger partial charge in [0.25, 0.3) is 5.56 Å². The molecule has 1 aliphatic rings. The van der Waals surface area contributed by atoms with Crippen LogP contribution in [0.25, 0.3) is 5.82 Å². The largest absolute Gasteiger partial charge is 0.353 e. The summed E-state index contributed by atoms with van der Waals surface area (Å²) in [4.78, 5) is 45.7. The quantitative estimate of drug-likeness (QED) is 0.622. The van der Waals surface area contributed by atoms with Gasteiger partial charge in [-0.05, 0) is 13.8 Å². The highest BCUT2D eigenvalue weighted by molar-refractivity contribution is 5.76. The van der Waals surface area contributed by atoms with Crippen molar-refractivity contribution in [2.75, 3.05) is 31.1 Å². The zero-order valence-corrected chi connectivity index (χ0v) is 16.4. The highest BCUT2D eigenvalue weighted by Gasteiger charge is 2.23. The average Bonchev–Trinajstić information content (AvgIpc) is 3.29. The van der Waals surface area contributed by atoms with E-state index in [4.69, 9.17) is 0 Å². The van der Waals surface area contributed by atoms with Gasteiger partial charge in [0.2, 0.25) is 5.91 Å². The highest BCUT2D eigenvalue weighted by atomic mass is 16.2. The van der Waals surface area contributed by atoms with Gasteiger partial charge in [0.15, 0.2) is 0 Å². The average molecular weight is 394 g/mol. The second-order valence-corrected chi connectivity index (χ2v) is 6.96. The van der Waals surface area contributed by atoms with Crippen LogP contribution in [-0.4, -0.2) is 66.1 Å². The molecule has 0 saturated carbocycles. The van der Waals surface area contributed by atoms with Crippen molar-refractivity contribution >= 4 is 11.7 Å². The zero-order chi connectivity index (χ0) is 20.4. The number of carbonyl (C=O) groups excluding carboxylic acids is 1. The van der Waals surface area contributed by atoms with Crippen molar-refractivity contribution in [3.05, 3.63) is 59.1 Å². The smallest absolute Gasteiger partial charge is 0.256 e. The molecular formula is C19H22N8O2. The van der Waals surface area contributed by atoms with Gasteiger partial charge in [-0.15, -0.1) is 0 Å². The van der Waals surface area contributed by atoms with Crippen molar-refractivity contribution < 1.29 is 4.79 Å². The number of hydrogen-bond acceptors (Lipinski definition) is 7. The summed E-state index contributed by atoms with van der Waals surface area (Å²) in [6.45, 7) is 5.97. The van der Waals surface area contributed by atoms with Gasteiger partial charge in [0.05, 0.1) is 6.33 Å². The molecule has 4 rings (SSSR count). The fraction of sp³-hybridized carbons (Fsp3) is 0.368. The van der Waals surface area contributed by atoms with Crippen LogP contribution in [-0.2, 0) is 11.3 Å². The number of imidazole rings is 1. The first-order chi connectivity index (χ1) is 14.0. The van der Waals surface area contributed by atoms with E-state index in [-0.39, 0.29) is 18.0 Å². The predicted molar refractivity (Wildman–Crippen MR) is 106 cm³/mol. The maximum absolute atomic E-state index is 12.7. The number of rotatable bonds is 4. The Morgan fingerprint density at radius 1 is 1.03 bits per heavy atom. The van der Waals surface area contributed by atoms with Crippen molar-refractivity contribution in [1.82, 2.24) is 34.0 Å². The molecule has 0 N–H and O–H groups in total. The summed E-state index contributed by atoms with van der Waals surface area (Å²) in [5, 5.41) is 0. The van der Waals surface area contributed by atoms with Gasteiger partial charge in [-0.1, -0.05) is 0 Å². The lowest BCUT2D eigenvalue weighted by molar-refractivity contribution is -0.132. The van der Waals surface area contributed by atoms with E-state index in [2.05, 4.69) is 24.8 Å². The summed E-state index contributed by atoms with van der Waals surface area (Å²) in [6, 6.07) is 1.90. The minimum atomic E-state index is -0.169. The Balaban J connectivity index is 1.40. The van der Waals surface area contributed by atoms with Crippen LogP contribution in [0.2, 0.25) is 0 Å². The Labute approximate surface area is 167 Å². The SMILES string of the molecule is Cc1ncn(CC(=O)N2CCN(c3cc(-n4ccnc4)ncn3)CC2)c(=O)c1C. The molecule has 0 spiro atoms. The first-order valence-corrected chi connectivity index (χ1v) is 9.38. The lowest BCUT2D eigenvalue weighted by Crippen LogP contribution is -2.50. The second kappa shape index (κ2) is 7.82. The van der Waals surface area contributed by atoms with Crippen molar-refractivity contribution in [3.63, 3.8) is 0 Å². The predicted octanol–water partition coefficient (Wildman–Crippen LogP) is 0.185. The molecule has 4 heterocycles. The standard InChI is InChI=1S/C19H22N8O2/c1-14-15(2)23-13-27(19(14)29)10-18(28)25-7-5-24(6-8-25)16-9-17(22-11-21-16)26-4-3-20-12-26/h3-4,9,11-13H,5-8,10H2,1-2H3. The molecule has 0 aromatic carbocycles. The number of anilines is 1. The Morgan fingerprint density at radius 2 is 1.79 bits per heavy atom. The minimum Gasteiger partial charge on any atom is -0.353 e. The lowest BCUT2D eigenvalue weighted by atomic mass is 10.2. The fourth-order valence-corrected chi connectivity index (χ4v) is 3.26. The van der Waals surface area contributed by atoms with Gasteiger partial charge >= 0.3 is 0 Å². The number of aryl methyl sites for hydroxylation is 1. The van der Waals surface area contributed by atoms with Crippen LogP contribution in [0.3, 0.4) is 0 Å². The fourth-order valence-electron chi connectivity index (χ4n) is 3.26. The van der Waals surface area contributed by atoms with Crippen molar-refractivity contribution in [2.24, 2.45) is 0 Å². The molecule has 1 saturated heterocycles. The maximum Gasteiger partial charge on any atom is 0.256 e. The molecule has 150 valence electrons. The summed E-state index contributed by atoms with van der Waals surface area (Å²) in [6.07, 6.45) is 8.18. The molecule has 0 atom stereocenters. The van der Waals surface area contributed by atoms with Gasteiger partial charge in [-0.2, -0.15) is 0 Å². The molecule has 0 radical (unpaired) electrons. The highest BCUT2D eigenvalue weighted by Crippen LogP contribution is 2.16. The third kappa shape index (κ3) is 3.86. The lowest BCUT2D eigenvalue weighted by Gasteiger charge is -2.35. The number of aromatic nitrogens is 6. The van der Waals surface area contributed by atoms with Gasteiger partial charge < -0.3 is 9.80 Å². The molecule has 1 fully saturated rings. The van der Waals surface area contributed by atoms with Crippen LogP contribution >= 0.6 is 0 Å². The molecule has 3 aromatic rings. The van der Waals surface area contributed by atoms with Crippen LogP contribution < -0.4 is 10.5 Å². The van der Waals surface area contributed by atoms with E-state index in [9.17, 15) is 9.59 Å². The van der Waals surface area contributed by atoms with E-state index in [1.807, 2.05) is 16.8 Å². The molecule has 0 unspecified atom stereocenters. The topological polar surface area (TPSA) is 102 Å². The van der Waals surface area contributed by atoms with E-state index < -0.39 is 0 Å². The summed E-state index contributed by atoms with van der Waals surface area (Å²) in [5.41, 5.74) is 1.09. The number of carbonyl (C=O) groups is 1. The molecule has 3 aromatic heterocycles. The van der Waals surface area contributed by atoms with Crippen LogP contribution in [0.5, 0.6) is 0 Å². The monoisotopic (exact) mass is 394 g/mol. The number of amides is 1. The van der Waals surface area contributed by atoms with Gasteiger partial charge in [0, 0.05) is 55.9 Å².